The summed E-state index contributed by atoms with van der Waals surface area (Å²) in [6, 6.07) is 5.67. The molecule has 0 saturated heterocycles. The van der Waals surface area contributed by atoms with Crippen molar-refractivity contribution in [2.24, 2.45) is 0 Å². The molecule has 0 saturated carbocycles. The summed E-state index contributed by atoms with van der Waals surface area (Å²) in [5, 5.41) is 2.50. The Morgan fingerprint density at radius 2 is 2.12 bits per heavy atom. The van der Waals surface area contributed by atoms with E-state index in [0.717, 1.165) is 0 Å². The number of nitrogens with zero attached hydrogens (tertiary/aromatic N) is 1. The second-order valence-corrected chi connectivity index (χ2v) is 3.32. The first-order valence-corrected chi connectivity index (χ1v) is 5.10. The van der Waals surface area contributed by atoms with E-state index >= 15 is 0 Å². The normalized spacial score (nSPS) is 10.2. The molecule has 6 heteroatoms. The van der Waals surface area contributed by atoms with Gasteiger partial charge in [-0.2, -0.15) is 8.78 Å². The Labute approximate surface area is 98.2 Å². The number of rotatable bonds is 4. The van der Waals surface area contributed by atoms with Crippen LogP contribution in [0.25, 0.3) is 0 Å². The second-order valence-electron chi connectivity index (χ2n) is 3.32. The number of urea groups is 1. The van der Waals surface area contributed by atoms with Crippen molar-refractivity contribution in [3.63, 3.8) is 0 Å². The molecule has 2 amide bonds. The third-order valence-electron chi connectivity index (χ3n) is 2.17. The van der Waals surface area contributed by atoms with Gasteiger partial charge in [-0.05, 0) is 19.1 Å². The van der Waals surface area contributed by atoms with Gasteiger partial charge in [0, 0.05) is 13.6 Å². The Morgan fingerprint density at radius 3 is 2.71 bits per heavy atom. The largest absolute Gasteiger partial charge is 0.433 e. The highest BCUT2D eigenvalue weighted by atomic mass is 19.3. The molecule has 1 aromatic carbocycles. The van der Waals surface area contributed by atoms with Gasteiger partial charge in [-0.1, -0.05) is 12.1 Å². The maximum absolute atomic E-state index is 12.1. The summed E-state index contributed by atoms with van der Waals surface area (Å²) in [5.74, 6) is -0.0552. The Morgan fingerprint density at radius 1 is 1.47 bits per heavy atom. The molecule has 0 radical (unpaired) electrons. The lowest BCUT2D eigenvalue weighted by atomic mass is 10.3. The van der Waals surface area contributed by atoms with Crippen LogP contribution in [-0.2, 0) is 0 Å². The summed E-state index contributed by atoms with van der Waals surface area (Å²) in [6.07, 6.45) is 0. The zero-order valence-corrected chi connectivity index (χ0v) is 9.61. The molecule has 0 unspecified atom stereocenters. The number of hydrogen-bond acceptors (Lipinski definition) is 2. The van der Waals surface area contributed by atoms with Gasteiger partial charge in [0.15, 0.2) is 0 Å². The number of nitrogens with one attached hydrogen (secondary N) is 1. The molecule has 0 fully saturated rings. The molecule has 94 valence electrons. The summed E-state index contributed by atoms with van der Waals surface area (Å²) >= 11 is 0. The number of benzene rings is 1. The predicted octanol–water partition coefficient (Wildman–Crippen LogP) is 2.77. The van der Waals surface area contributed by atoms with Gasteiger partial charge in [0.1, 0.15) is 5.75 Å². The summed E-state index contributed by atoms with van der Waals surface area (Å²) in [6.45, 7) is -0.595. The molecule has 1 N–H and O–H groups in total. The summed E-state index contributed by atoms with van der Waals surface area (Å²) < 4.78 is 28.5. The first-order valence-electron chi connectivity index (χ1n) is 5.10. The van der Waals surface area contributed by atoms with E-state index < -0.39 is 6.61 Å². The molecule has 0 heterocycles. The average Bonchev–Trinajstić information content (AvgIpc) is 2.29. The van der Waals surface area contributed by atoms with Crippen molar-refractivity contribution in [2.45, 2.75) is 13.5 Å². The van der Waals surface area contributed by atoms with E-state index in [2.05, 4.69) is 10.1 Å². The fraction of sp³-hybridized carbons (Fsp3) is 0.364. The van der Waals surface area contributed by atoms with Gasteiger partial charge in [-0.3, -0.25) is 0 Å². The van der Waals surface area contributed by atoms with Crippen molar-refractivity contribution < 1.29 is 18.3 Å². The fourth-order valence-electron chi connectivity index (χ4n) is 1.12. The van der Waals surface area contributed by atoms with Gasteiger partial charge < -0.3 is 15.0 Å². The molecule has 0 bridgehead atoms. The lowest BCUT2D eigenvalue weighted by molar-refractivity contribution is -0.0493. The number of hydrogen-bond donors (Lipinski definition) is 1. The van der Waals surface area contributed by atoms with E-state index in [0.29, 0.717) is 6.54 Å². The zero-order chi connectivity index (χ0) is 12.8. The van der Waals surface area contributed by atoms with Crippen LogP contribution in [0.3, 0.4) is 0 Å². The standard InChI is InChI=1S/C11H14F2N2O2/c1-3-15(2)11(16)14-8-6-4-5-7-9(8)17-10(12)13/h4-7,10H,3H2,1-2H3,(H,14,16). The molecular formula is C11H14F2N2O2. The van der Waals surface area contributed by atoms with E-state index in [1.165, 1.54) is 17.0 Å². The van der Waals surface area contributed by atoms with E-state index in [1.54, 1.807) is 26.1 Å². The van der Waals surface area contributed by atoms with Crippen LogP contribution in [0.15, 0.2) is 24.3 Å². The molecule has 0 aliphatic rings. The Balaban J connectivity index is 2.79. The number of anilines is 1. The number of carbonyl (C=O) groups excluding carboxylic acids is 1. The summed E-state index contributed by atoms with van der Waals surface area (Å²) in [7, 11) is 1.60. The van der Waals surface area contributed by atoms with Gasteiger partial charge in [0.05, 0.1) is 5.69 Å². The first kappa shape index (κ1) is 13.2. The van der Waals surface area contributed by atoms with E-state index in [-0.39, 0.29) is 17.5 Å². The number of ether oxygens (including phenoxy) is 1. The molecular weight excluding hydrogens is 230 g/mol. The Kier molecular flexibility index (Phi) is 4.68. The van der Waals surface area contributed by atoms with Crippen molar-refractivity contribution >= 4 is 11.7 Å². The lowest BCUT2D eigenvalue weighted by Crippen LogP contribution is -2.31. The van der Waals surface area contributed by atoms with Gasteiger partial charge in [0.2, 0.25) is 0 Å². The quantitative estimate of drug-likeness (QED) is 0.884. The minimum atomic E-state index is -2.92. The molecule has 1 rings (SSSR count). The number of alkyl halides is 2. The van der Waals surface area contributed by atoms with Crippen LogP contribution in [0.5, 0.6) is 5.75 Å². The molecule has 4 nitrogen and oxygen atoms in total. The molecule has 0 atom stereocenters. The molecule has 0 aromatic heterocycles. The topological polar surface area (TPSA) is 41.6 Å². The van der Waals surface area contributed by atoms with Crippen LogP contribution in [0.1, 0.15) is 6.92 Å². The SMILES string of the molecule is CCN(C)C(=O)Nc1ccccc1OC(F)F. The van der Waals surface area contributed by atoms with Crippen molar-refractivity contribution in [3.8, 4) is 5.75 Å². The summed E-state index contributed by atoms with van der Waals surface area (Å²) in [4.78, 5) is 13.0. The van der Waals surface area contributed by atoms with E-state index in [4.69, 9.17) is 0 Å². The van der Waals surface area contributed by atoms with Crippen LogP contribution < -0.4 is 10.1 Å². The average molecular weight is 244 g/mol. The highest BCUT2D eigenvalue weighted by Gasteiger charge is 2.12. The van der Waals surface area contributed by atoms with Crippen molar-refractivity contribution in [1.29, 1.82) is 0 Å². The van der Waals surface area contributed by atoms with E-state index in [9.17, 15) is 13.6 Å². The van der Waals surface area contributed by atoms with Crippen molar-refractivity contribution in [2.75, 3.05) is 18.9 Å². The highest BCUT2D eigenvalue weighted by Crippen LogP contribution is 2.25. The van der Waals surface area contributed by atoms with Crippen LogP contribution in [-0.4, -0.2) is 31.1 Å². The molecule has 1 aromatic rings. The van der Waals surface area contributed by atoms with Crippen LogP contribution in [0.4, 0.5) is 19.3 Å². The van der Waals surface area contributed by atoms with Crippen molar-refractivity contribution in [1.82, 2.24) is 4.90 Å². The van der Waals surface area contributed by atoms with Gasteiger partial charge in [-0.25, -0.2) is 4.79 Å². The number of carbonyl (C=O) groups is 1. The zero-order valence-electron chi connectivity index (χ0n) is 9.61. The second kappa shape index (κ2) is 6.03. The Bertz CT molecular complexity index is 385. The molecule has 0 spiro atoms. The molecule has 0 aliphatic carbocycles. The van der Waals surface area contributed by atoms with E-state index in [1.807, 2.05) is 0 Å². The Hall–Kier alpha value is -1.85. The highest BCUT2D eigenvalue weighted by molar-refractivity contribution is 5.90. The van der Waals surface area contributed by atoms with Crippen LogP contribution in [0.2, 0.25) is 0 Å². The van der Waals surface area contributed by atoms with Gasteiger partial charge in [0.25, 0.3) is 0 Å². The molecule has 0 aliphatic heterocycles. The minimum absolute atomic E-state index is 0.0552. The molecule has 17 heavy (non-hydrogen) atoms. The maximum Gasteiger partial charge on any atom is 0.387 e. The summed E-state index contributed by atoms with van der Waals surface area (Å²) in [5.41, 5.74) is 0.220. The number of para-hydroxylation sites is 2. The minimum Gasteiger partial charge on any atom is -0.433 e. The van der Waals surface area contributed by atoms with Gasteiger partial charge >= 0.3 is 12.6 Å². The third kappa shape index (κ3) is 3.90. The number of halogens is 2. The predicted molar refractivity (Wildman–Crippen MR) is 60.4 cm³/mol. The van der Waals surface area contributed by atoms with Crippen LogP contribution >= 0.6 is 0 Å². The van der Waals surface area contributed by atoms with Gasteiger partial charge in [-0.15, -0.1) is 0 Å². The van der Waals surface area contributed by atoms with Crippen LogP contribution in [0, 0.1) is 0 Å². The third-order valence-corrected chi connectivity index (χ3v) is 2.17. The lowest BCUT2D eigenvalue weighted by Gasteiger charge is -2.17. The smallest absolute Gasteiger partial charge is 0.387 e. The number of amides is 2. The van der Waals surface area contributed by atoms with Crippen molar-refractivity contribution in [3.05, 3.63) is 24.3 Å². The fourth-order valence-corrected chi connectivity index (χ4v) is 1.12. The maximum atomic E-state index is 12.1. The monoisotopic (exact) mass is 244 g/mol. The first-order chi connectivity index (χ1) is 8.04.